The van der Waals surface area contributed by atoms with Crippen molar-refractivity contribution in [2.24, 2.45) is 0 Å². The SMILES string of the molecule is COc1cc(N(C)CCN(C)C)c([N+](=O)[O-])cc1Nc1cc(N2CC(C)(C)c3nc(C)ccc32)ncn1. The number of hydrogen-bond donors (Lipinski definition) is 1. The molecule has 0 saturated carbocycles. The minimum atomic E-state index is -0.379. The lowest BCUT2D eigenvalue weighted by Crippen LogP contribution is -2.29. The second kappa shape index (κ2) is 10.2. The van der Waals surface area contributed by atoms with Crippen molar-refractivity contribution in [3.63, 3.8) is 0 Å². The number of hydrogen-bond acceptors (Lipinski definition) is 10. The van der Waals surface area contributed by atoms with Crippen molar-refractivity contribution >= 4 is 34.4 Å². The second-order valence-electron chi connectivity index (χ2n) is 10.2. The number of nitrogens with one attached hydrogen (secondary N) is 1. The predicted octanol–water partition coefficient (Wildman–Crippen LogP) is 4.27. The van der Waals surface area contributed by atoms with E-state index < -0.39 is 0 Å². The molecule has 3 aromatic rings. The summed E-state index contributed by atoms with van der Waals surface area (Å²) in [4.78, 5) is 31.2. The molecule has 1 aliphatic heterocycles. The third-order valence-electron chi connectivity index (χ3n) is 6.48. The fourth-order valence-corrected chi connectivity index (χ4v) is 4.47. The van der Waals surface area contributed by atoms with Gasteiger partial charge in [0.25, 0.3) is 5.69 Å². The van der Waals surface area contributed by atoms with Crippen LogP contribution in [-0.2, 0) is 5.41 Å². The molecule has 0 atom stereocenters. The van der Waals surface area contributed by atoms with Crippen molar-refractivity contribution in [1.29, 1.82) is 0 Å². The summed E-state index contributed by atoms with van der Waals surface area (Å²) in [6.45, 7) is 8.42. The monoisotopic (exact) mass is 506 g/mol. The van der Waals surface area contributed by atoms with Crippen LogP contribution in [0, 0.1) is 17.0 Å². The Morgan fingerprint density at radius 2 is 1.92 bits per heavy atom. The summed E-state index contributed by atoms with van der Waals surface area (Å²) in [5, 5.41) is 15.2. The van der Waals surface area contributed by atoms with Crippen molar-refractivity contribution in [3.8, 4) is 5.75 Å². The lowest BCUT2D eigenvalue weighted by molar-refractivity contribution is -0.384. The van der Waals surface area contributed by atoms with Gasteiger partial charge in [-0.1, -0.05) is 13.8 Å². The Labute approximate surface area is 217 Å². The summed E-state index contributed by atoms with van der Waals surface area (Å²) in [5.41, 5.74) is 3.79. The lowest BCUT2D eigenvalue weighted by Gasteiger charge is -2.23. The second-order valence-corrected chi connectivity index (χ2v) is 10.2. The topological polar surface area (TPSA) is 113 Å². The number of nitro benzene ring substituents is 1. The molecule has 0 aliphatic carbocycles. The third kappa shape index (κ3) is 5.41. The van der Waals surface area contributed by atoms with Gasteiger partial charge in [-0.2, -0.15) is 0 Å². The Kier molecular flexibility index (Phi) is 7.17. The van der Waals surface area contributed by atoms with Crippen LogP contribution in [0.3, 0.4) is 0 Å². The van der Waals surface area contributed by atoms with Gasteiger partial charge in [-0.05, 0) is 33.2 Å². The number of likely N-dealkylation sites (N-methyl/N-ethyl adjacent to an activating group) is 2. The summed E-state index contributed by atoms with van der Waals surface area (Å²) in [5.74, 6) is 1.69. The van der Waals surface area contributed by atoms with E-state index in [9.17, 15) is 10.1 Å². The first-order valence-corrected chi connectivity index (χ1v) is 12.1. The minimum absolute atomic E-state index is 0.0181. The highest BCUT2D eigenvalue weighted by Crippen LogP contribution is 2.43. The first kappa shape index (κ1) is 26.1. The Morgan fingerprint density at radius 1 is 1.16 bits per heavy atom. The fraction of sp³-hybridized carbons (Fsp3) is 0.423. The maximum Gasteiger partial charge on any atom is 0.294 e. The molecule has 0 saturated heterocycles. The number of anilines is 5. The van der Waals surface area contributed by atoms with E-state index in [1.807, 2.05) is 50.0 Å². The maximum atomic E-state index is 12.0. The summed E-state index contributed by atoms with van der Waals surface area (Å²) >= 11 is 0. The van der Waals surface area contributed by atoms with E-state index in [1.165, 1.54) is 12.4 Å². The molecule has 3 heterocycles. The van der Waals surface area contributed by atoms with Gasteiger partial charge < -0.3 is 24.8 Å². The molecule has 11 nitrogen and oxygen atoms in total. The minimum Gasteiger partial charge on any atom is -0.494 e. The fourth-order valence-electron chi connectivity index (χ4n) is 4.47. The normalized spacial score (nSPS) is 14.0. The molecule has 196 valence electrons. The highest BCUT2D eigenvalue weighted by Gasteiger charge is 2.38. The molecule has 0 bridgehead atoms. The largest absolute Gasteiger partial charge is 0.494 e. The van der Waals surface area contributed by atoms with Gasteiger partial charge in [0, 0.05) is 56.0 Å². The molecule has 4 rings (SSSR count). The molecule has 0 radical (unpaired) electrons. The van der Waals surface area contributed by atoms with Crippen molar-refractivity contribution in [2.75, 3.05) is 63.0 Å². The summed E-state index contributed by atoms with van der Waals surface area (Å²) in [7, 11) is 7.30. The zero-order chi connectivity index (χ0) is 26.9. The molecule has 37 heavy (non-hydrogen) atoms. The van der Waals surface area contributed by atoms with Gasteiger partial charge in [0.15, 0.2) is 0 Å². The van der Waals surface area contributed by atoms with E-state index in [0.29, 0.717) is 35.3 Å². The van der Waals surface area contributed by atoms with Gasteiger partial charge >= 0.3 is 0 Å². The number of nitro groups is 1. The van der Waals surface area contributed by atoms with E-state index in [4.69, 9.17) is 9.72 Å². The number of nitrogens with zero attached hydrogens (tertiary/aromatic N) is 7. The summed E-state index contributed by atoms with van der Waals surface area (Å²) in [6, 6.07) is 9.07. The van der Waals surface area contributed by atoms with Crippen LogP contribution in [0.15, 0.2) is 36.7 Å². The van der Waals surface area contributed by atoms with Crippen LogP contribution in [0.25, 0.3) is 0 Å². The molecule has 11 heteroatoms. The molecular formula is C26H34N8O3. The Morgan fingerprint density at radius 3 is 2.59 bits per heavy atom. The first-order chi connectivity index (χ1) is 17.5. The average molecular weight is 507 g/mol. The van der Waals surface area contributed by atoms with Crippen molar-refractivity contribution in [1.82, 2.24) is 19.9 Å². The van der Waals surface area contributed by atoms with Crippen LogP contribution in [0.1, 0.15) is 25.2 Å². The summed E-state index contributed by atoms with van der Waals surface area (Å²) < 4.78 is 5.60. The zero-order valence-electron chi connectivity index (χ0n) is 22.4. The van der Waals surface area contributed by atoms with Gasteiger partial charge in [0.05, 0.1) is 29.1 Å². The molecular weight excluding hydrogens is 472 g/mol. The number of rotatable bonds is 9. The van der Waals surface area contributed by atoms with E-state index in [-0.39, 0.29) is 16.0 Å². The van der Waals surface area contributed by atoms with Gasteiger partial charge in [-0.15, -0.1) is 0 Å². The number of benzene rings is 1. The molecule has 1 N–H and O–H groups in total. The molecule has 0 amide bonds. The molecule has 1 aromatic carbocycles. The van der Waals surface area contributed by atoms with Crippen LogP contribution in [0.5, 0.6) is 5.75 Å². The summed E-state index contributed by atoms with van der Waals surface area (Å²) in [6.07, 6.45) is 1.48. The third-order valence-corrected chi connectivity index (χ3v) is 6.48. The quantitative estimate of drug-likeness (QED) is 0.333. The van der Waals surface area contributed by atoms with E-state index >= 15 is 0 Å². The number of ether oxygens (including phenoxy) is 1. The Bertz CT molecular complexity index is 1310. The van der Waals surface area contributed by atoms with E-state index in [0.717, 1.165) is 30.2 Å². The number of aryl methyl sites for hydroxylation is 1. The predicted molar refractivity (Wildman–Crippen MR) is 146 cm³/mol. The Balaban J connectivity index is 1.66. The number of aromatic nitrogens is 3. The number of fused-ring (bicyclic) bond motifs is 1. The van der Waals surface area contributed by atoms with Gasteiger partial charge in [0.1, 0.15) is 29.4 Å². The van der Waals surface area contributed by atoms with E-state index in [1.54, 1.807) is 13.2 Å². The van der Waals surface area contributed by atoms with Gasteiger partial charge in [-0.3, -0.25) is 15.1 Å². The van der Waals surface area contributed by atoms with Crippen molar-refractivity contribution in [3.05, 3.63) is 58.2 Å². The van der Waals surface area contributed by atoms with Crippen LogP contribution in [-0.4, -0.2) is 72.7 Å². The van der Waals surface area contributed by atoms with Crippen molar-refractivity contribution in [2.45, 2.75) is 26.2 Å². The molecule has 2 aromatic heterocycles. The van der Waals surface area contributed by atoms with Gasteiger partial charge in [-0.25, -0.2) is 9.97 Å². The standard InChI is InChI=1S/C26H34N8O3/c1-17-8-9-19-25(29-17)26(2,3)15-33(19)24-14-23(27-16-28-24)30-18-12-21(34(35)36)20(13-22(18)37-7)32(6)11-10-31(4)5/h8-9,12-14,16H,10-11,15H2,1-7H3,(H,27,28,30). The van der Waals surface area contributed by atoms with Crippen molar-refractivity contribution < 1.29 is 9.66 Å². The van der Waals surface area contributed by atoms with Crippen LogP contribution in [0.2, 0.25) is 0 Å². The maximum absolute atomic E-state index is 12.0. The highest BCUT2D eigenvalue weighted by molar-refractivity contribution is 5.78. The van der Waals surface area contributed by atoms with Crippen LogP contribution < -0.4 is 19.9 Å². The smallest absolute Gasteiger partial charge is 0.294 e. The first-order valence-electron chi connectivity index (χ1n) is 12.1. The van der Waals surface area contributed by atoms with Gasteiger partial charge in [0.2, 0.25) is 0 Å². The number of methoxy groups -OCH3 is 1. The average Bonchev–Trinajstić information content (AvgIpc) is 3.12. The van der Waals surface area contributed by atoms with Crippen LogP contribution >= 0.6 is 0 Å². The number of pyridine rings is 1. The zero-order valence-corrected chi connectivity index (χ0v) is 22.4. The molecule has 1 aliphatic rings. The highest BCUT2D eigenvalue weighted by atomic mass is 16.6. The van der Waals surface area contributed by atoms with E-state index in [2.05, 4.69) is 40.1 Å². The Hall–Kier alpha value is -3.99. The molecule has 0 fully saturated rings. The van der Waals surface area contributed by atoms with Crippen LogP contribution in [0.4, 0.5) is 34.4 Å². The lowest BCUT2D eigenvalue weighted by atomic mass is 9.91. The molecule has 0 unspecified atom stereocenters. The molecule has 0 spiro atoms.